The Hall–Kier alpha value is -0.390. The summed E-state index contributed by atoms with van der Waals surface area (Å²) in [6.45, 7) is 7.78. The minimum Gasteiger partial charge on any atom is -0.385 e. The van der Waals surface area contributed by atoms with E-state index in [1.165, 1.54) is 5.69 Å². The van der Waals surface area contributed by atoms with Crippen molar-refractivity contribution in [3.63, 3.8) is 0 Å². The first-order valence-corrected chi connectivity index (χ1v) is 6.97. The van der Waals surface area contributed by atoms with Crippen molar-refractivity contribution in [1.29, 1.82) is 0 Å². The van der Waals surface area contributed by atoms with Crippen LogP contribution in [0.25, 0.3) is 0 Å². The molecule has 98 valence electrons. The summed E-state index contributed by atoms with van der Waals surface area (Å²) in [5, 5.41) is 7.99. The normalized spacial score (nSPS) is 11.1. The van der Waals surface area contributed by atoms with Crippen LogP contribution in [0.5, 0.6) is 0 Å². The molecule has 0 fully saturated rings. The van der Waals surface area contributed by atoms with Crippen molar-refractivity contribution < 1.29 is 4.74 Å². The molecule has 1 heterocycles. The van der Waals surface area contributed by atoms with E-state index in [4.69, 9.17) is 4.74 Å². The topological polar surface area (TPSA) is 39.1 Å². The van der Waals surface area contributed by atoms with Crippen LogP contribution in [0, 0.1) is 0 Å². The number of hydrogen-bond acceptors (Lipinski definition) is 3. The van der Waals surface area contributed by atoms with Gasteiger partial charge in [0, 0.05) is 26.8 Å². The molecular weight excluding hydrogens is 282 g/mol. The molecule has 0 aliphatic heterocycles. The smallest absolute Gasteiger partial charge is 0.0767 e. The third kappa shape index (κ3) is 4.08. The maximum absolute atomic E-state index is 5.02. The molecule has 1 N–H and O–H groups in total. The lowest BCUT2D eigenvalue weighted by atomic mass is 10.3. The molecule has 5 heteroatoms. The number of aromatic nitrogens is 2. The van der Waals surface area contributed by atoms with Crippen LogP contribution < -0.4 is 5.32 Å². The number of hydrogen-bond donors (Lipinski definition) is 1. The standard InChI is InChI=1S/C12H22BrN3O/c1-4-10-12(13)11(16(5-2)15-10)9-14-7-6-8-17-3/h14H,4-9H2,1-3H3. The van der Waals surface area contributed by atoms with Gasteiger partial charge in [-0.15, -0.1) is 0 Å². The SMILES string of the molecule is CCc1nn(CC)c(CNCCCOC)c1Br. The Kier molecular flexibility index (Phi) is 6.77. The van der Waals surface area contributed by atoms with Crippen LogP contribution in [0.2, 0.25) is 0 Å². The fourth-order valence-corrected chi connectivity index (χ4v) is 2.44. The van der Waals surface area contributed by atoms with Crippen molar-refractivity contribution in [1.82, 2.24) is 15.1 Å². The Labute approximate surface area is 112 Å². The van der Waals surface area contributed by atoms with Crippen molar-refractivity contribution >= 4 is 15.9 Å². The van der Waals surface area contributed by atoms with Crippen LogP contribution in [-0.2, 0) is 24.2 Å². The monoisotopic (exact) mass is 303 g/mol. The first-order chi connectivity index (χ1) is 8.24. The summed E-state index contributed by atoms with van der Waals surface area (Å²) in [5.41, 5.74) is 2.38. The molecule has 17 heavy (non-hydrogen) atoms. The number of nitrogens with zero attached hydrogens (tertiary/aromatic N) is 2. The van der Waals surface area contributed by atoms with Gasteiger partial charge in [0.15, 0.2) is 0 Å². The molecule has 0 aliphatic rings. The van der Waals surface area contributed by atoms with Gasteiger partial charge in [-0.3, -0.25) is 4.68 Å². The molecule has 4 nitrogen and oxygen atoms in total. The lowest BCUT2D eigenvalue weighted by Crippen LogP contribution is -2.19. The summed E-state index contributed by atoms with van der Waals surface area (Å²) < 4.78 is 8.23. The van der Waals surface area contributed by atoms with E-state index in [2.05, 4.69) is 44.9 Å². The molecule has 1 aromatic rings. The van der Waals surface area contributed by atoms with E-state index in [1.54, 1.807) is 7.11 Å². The van der Waals surface area contributed by atoms with Gasteiger partial charge in [-0.05, 0) is 42.2 Å². The Bertz CT molecular complexity index is 339. The van der Waals surface area contributed by atoms with Crippen molar-refractivity contribution in [2.45, 2.75) is 39.8 Å². The molecule has 1 rings (SSSR count). The fraction of sp³-hybridized carbons (Fsp3) is 0.750. The molecule has 0 spiro atoms. The minimum absolute atomic E-state index is 0.807. The van der Waals surface area contributed by atoms with Gasteiger partial charge in [0.2, 0.25) is 0 Å². The maximum atomic E-state index is 5.02. The zero-order chi connectivity index (χ0) is 12.7. The number of aryl methyl sites for hydroxylation is 2. The molecule has 0 unspecified atom stereocenters. The molecule has 0 bridgehead atoms. The Morgan fingerprint density at radius 2 is 2.18 bits per heavy atom. The molecule has 0 amide bonds. The summed E-state index contributed by atoms with van der Waals surface area (Å²) in [7, 11) is 1.73. The second-order valence-electron chi connectivity index (χ2n) is 3.90. The third-order valence-corrected chi connectivity index (χ3v) is 3.60. The van der Waals surface area contributed by atoms with E-state index in [-0.39, 0.29) is 0 Å². The van der Waals surface area contributed by atoms with Crippen molar-refractivity contribution in [2.24, 2.45) is 0 Å². The number of nitrogens with one attached hydrogen (secondary N) is 1. The summed E-state index contributed by atoms with van der Waals surface area (Å²) in [6, 6.07) is 0. The molecule has 0 saturated carbocycles. The van der Waals surface area contributed by atoms with Gasteiger partial charge < -0.3 is 10.1 Å². The lowest BCUT2D eigenvalue weighted by molar-refractivity contribution is 0.194. The quantitative estimate of drug-likeness (QED) is 0.749. The second-order valence-corrected chi connectivity index (χ2v) is 4.69. The highest BCUT2D eigenvalue weighted by atomic mass is 79.9. The number of halogens is 1. The van der Waals surface area contributed by atoms with E-state index in [9.17, 15) is 0 Å². The largest absolute Gasteiger partial charge is 0.385 e. The highest BCUT2D eigenvalue weighted by molar-refractivity contribution is 9.10. The van der Waals surface area contributed by atoms with Gasteiger partial charge >= 0.3 is 0 Å². The first-order valence-electron chi connectivity index (χ1n) is 6.18. The van der Waals surface area contributed by atoms with Crippen LogP contribution >= 0.6 is 15.9 Å². The van der Waals surface area contributed by atoms with Crippen molar-refractivity contribution in [3.8, 4) is 0 Å². The van der Waals surface area contributed by atoms with E-state index in [0.717, 1.165) is 49.2 Å². The van der Waals surface area contributed by atoms with Crippen molar-refractivity contribution in [3.05, 3.63) is 15.9 Å². The zero-order valence-electron chi connectivity index (χ0n) is 10.9. The van der Waals surface area contributed by atoms with E-state index in [1.807, 2.05) is 0 Å². The number of methoxy groups -OCH3 is 1. The average Bonchev–Trinajstić information content (AvgIpc) is 2.65. The molecule has 1 aromatic heterocycles. The van der Waals surface area contributed by atoms with Gasteiger partial charge in [0.25, 0.3) is 0 Å². The minimum atomic E-state index is 0.807. The molecular formula is C12H22BrN3O. The van der Waals surface area contributed by atoms with Crippen LogP contribution in [0.4, 0.5) is 0 Å². The van der Waals surface area contributed by atoms with Gasteiger partial charge in [-0.25, -0.2) is 0 Å². The Morgan fingerprint density at radius 3 is 2.76 bits per heavy atom. The fourth-order valence-electron chi connectivity index (χ4n) is 1.73. The van der Waals surface area contributed by atoms with Crippen LogP contribution in [0.3, 0.4) is 0 Å². The first kappa shape index (κ1) is 14.7. The van der Waals surface area contributed by atoms with Gasteiger partial charge in [0.1, 0.15) is 0 Å². The highest BCUT2D eigenvalue weighted by Crippen LogP contribution is 2.22. The second kappa shape index (κ2) is 7.84. The van der Waals surface area contributed by atoms with E-state index >= 15 is 0 Å². The summed E-state index contributed by atoms with van der Waals surface area (Å²) in [4.78, 5) is 0. The molecule has 0 saturated heterocycles. The van der Waals surface area contributed by atoms with Crippen molar-refractivity contribution in [2.75, 3.05) is 20.3 Å². The zero-order valence-corrected chi connectivity index (χ0v) is 12.5. The van der Waals surface area contributed by atoms with Gasteiger partial charge in [-0.1, -0.05) is 6.92 Å². The third-order valence-electron chi connectivity index (χ3n) is 2.69. The average molecular weight is 304 g/mol. The van der Waals surface area contributed by atoms with Crippen LogP contribution in [-0.4, -0.2) is 30.0 Å². The summed E-state index contributed by atoms with van der Waals surface area (Å²) >= 11 is 3.64. The van der Waals surface area contributed by atoms with Gasteiger partial charge in [0.05, 0.1) is 15.9 Å². The lowest BCUT2D eigenvalue weighted by Gasteiger charge is -2.07. The maximum Gasteiger partial charge on any atom is 0.0767 e. The predicted octanol–water partition coefficient (Wildman–Crippen LogP) is 2.35. The van der Waals surface area contributed by atoms with Gasteiger partial charge in [-0.2, -0.15) is 5.10 Å². The summed E-state index contributed by atoms with van der Waals surface area (Å²) in [6.07, 6.45) is 2.00. The summed E-state index contributed by atoms with van der Waals surface area (Å²) in [5.74, 6) is 0. The van der Waals surface area contributed by atoms with E-state index < -0.39 is 0 Å². The predicted molar refractivity (Wildman–Crippen MR) is 73.2 cm³/mol. The molecule has 0 radical (unpaired) electrons. The molecule has 0 atom stereocenters. The Balaban J connectivity index is 2.54. The van der Waals surface area contributed by atoms with E-state index in [0.29, 0.717) is 0 Å². The Morgan fingerprint density at radius 1 is 1.41 bits per heavy atom. The van der Waals surface area contributed by atoms with Crippen LogP contribution in [0.1, 0.15) is 31.7 Å². The number of rotatable bonds is 8. The molecule has 0 aliphatic carbocycles. The van der Waals surface area contributed by atoms with Crippen LogP contribution in [0.15, 0.2) is 4.47 Å². The highest BCUT2D eigenvalue weighted by Gasteiger charge is 2.12. The molecule has 0 aromatic carbocycles. The number of ether oxygens (including phenoxy) is 1.